The molecule has 1 aromatic heterocycles. The predicted molar refractivity (Wildman–Crippen MR) is 95.7 cm³/mol. The molecule has 3 heterocycles. The Bertz CT molecular complexity index is 744. The van der Waals surface area contributed by atoms with Crippen molar-refractivity contribution in [3.8, 4) is 5.75 Å². The van der Waals surface area contributed by atoms with E-state index in [2.05, 4.69) is 49.4 Å². The smallest absolute Gasteiger partial charge is 0.191 e. The molecule has 0 radical (unpaired) electrons. The summed E-state index contributed by atoms with van der Waals surface area (Å²) >= 11 is 0. The molecule has 7 heteroatoms. The summed E-state index contributed by atoms with van der Waals surface area (Å²) < 4.78 is 8.16. The number of benzene rings is 1. The Morgan fingerprint density at radius 3 is 3.12 bits per heavy atom. The van der Waals surface area contributed by atoms with Gasteiger partial charge in [-0.2, -0.15) is 0 Å². The van der Waals surface area contributed by atoms with Gasteiger partial charge in [-0.15, -0.1) is 10.2 Å². The summed E-state index contributed by atoms with van der Waals surface area (Å²) in [7, 11) is 0. The minimum Gasteiger partial charge on any atom is -0.488 e. The molecule has 0 amide bonds. The second-order valence-corrected chi connectivity index (χ2v) is 6.42. The number of nitrogens with one attached hydrogen (secondary N) is 2. The normalized spacial score (nSPS) is 18.6. The average molecular weight is 340 g/mol. The summed E-state index contributed by atoms with van der Waals surface area (Å²) in [5.74, 6) is 3.81. The van der Waals surface area contributed by atoms with Crippen molar-refractivity contribution >= 4 is 5.96 Å². The zero-order valence-electron chi connectivity index (χ0n) is 14.5. The van der Waals surface area contributed by atoms with Crippen molar-refractivity contribution in [3.63, 3.8) is 0 Å². The molecule has 132 valence electrons. The van der Waals surface area contributed by atoms with Crippen LogP contribution in [-0.4, -0.2) is 39.9 Å². The van der Waals surface area contributed by atoms with Crippen LogP contribution < -0.4 is 15.4 Å². The van der Waals surface area contributed by atoms with Crippen molar-refractivity contribution in [1.29, 1.82) is 0 Å². The van der Waals surface area contributed by atoms with Gasteiger partial charge in [0.15, 0.2) is 11.8 Å². The predicted octanol–water partition coefficient (Wildman–Crippen LogP) is 1.28. The van der Waals surface area contributed by atoms with E-state index in [9.17, 15) is 0 Å². The third-order valence-corrected chi connectivity index (χ3v) is 4.62. The fraction of sp³-hybridized carbons (Fsp3) is 0.500. The van der Waals surface area contributed by atoms with Crippen molar-refractivity contribution in [3.05, 3.63) is 41.5 Å². The first-order chi connectivity index (χ1) is 12.3. The van der Waals surface area contributed by atoms with Crippen LogP contribution >= 0.6 is 0 Å². The number of rotatable bonds is 5. The Balaban J connectivity index is 1.35. The molecule has 2 aliphatic heterocycles. The number of nitrogens with zero attached hydrogens (tertiary/aromatic N) is 4. The Labute approximate surface area is 147 Å². The fourth-order valence-electron chi connectivity index (χ4n) is 3.40. The van der Waals surface area contributed by atoms with E-state index in [0.717, 1.165) is 62.3 Å². The molecule has 7 nitrogen and oxygen atoms in total. The topological polar surface area (TPSA) is 76.4 Å². The van der Waals surface area contributed by atoms with E-state index >= 15 is 0 Å². The molecular formula is C18H24N6O. The Kier molecular flexibility index (Phi) is 4.54. The quantitative estimate of drug-likeness (QED) is 0.633. The lowest BCUT2D eigenvalue weighted by Gasteiger charge is -2.15. The maximum Gasteiger partial charge on any atom is 0.191 e. The van der Waals surface area contributed by atoms with E-state index in [1.807, 2.05) is 12.1 Å². The van der Waals surface area contributed by atoms with Crippen LogP contribution in [0.5, 0.6) is 5.75 Å². The van der Waals surface area contributed by atoms with E-state index in [4.69, 9.17) is 4.74 Å². The lowest BCUT2D eigenvalue weighted by Crippen LogP contribution is -2.42. The van der Waals surface area contributed by atoms with Crippen LogP contribution in [0.4, 0.5) is 0 Å². The van der Waals surface area contributed by atoms with Crippen molar-refractivity contribution in [2.75, 3.05) is 13.1 Å². The molecule has 2 aromatic rings. The van der Waals surface area contributed by atoms with Gasteiger partial charge in [0.05, 0.1) is 6.54 Å². The Hall–Kier alpha value is -2.57. The zero-order valence-corrected chi connectivity index (χ0v) is 14.5. The molecule has 25 heavy (non-hydrogen) atoms. The van der Waals surface area contributed by atoms with Gasteiger partial charge < -0.3 is 19.9 Å². The number of aromatic nitrogens is 3. The summed E-state index contributed by atoms with van der Waals surface area (Å²) in [6, 6.07) is 8.22. The van der Waals surface area contributed by atoms with Gasteiger partial charge in [0.25, 0.3) is 0 Å². The third-order valence-electron chi connectivity index (χ3n) is 4.62. The highest BCUT2D eigenvalue weighted by molar-refractivity contribution is 5.79. The second kappa shape index (κ2) is 7.13. The first kappa shape index (κ1) is 15.9. The van der Waals surface area contributed by atoms with Crippen LogP contribution in [0.15, 0.2) is 29.3 Å². The number of aliphatic imine (C=N–C) groups is 1. The van der Waals surface area contributed by atoms with Crippen molar-refractivity contribution < 1.29 is 4.74 Å². The van der Waals surface area contributed by atoms with Gasteiger partial charge in [-0.3, -0.25) is 0 Å². The highest BCUT2D eigenvalue weighted by atomic mass is 16.5. The molecule has 0 bridgehead atoms. The van der Waals surface area contributed by atoms with E-state index in [0.29, 0.717) is 6.54 Å². The van der Waals surface area contributed by atoms with E-state index in [1.54, 1.807) is 0 Å². The first-order valence-electron chi connectivity index (χ1n) is 9.01. The third kappa shape index (κ3) is 3.45. The molecule has 0 spiro atoms. The maximum atomic E-state index is 5.97. The molecule has 1 atom stereocenters. The SMILES string of the molecule is CCNC(=NCc1nnc2n1CCC2)NCC1Cc2ccccc2O1. The number of hydrogen-bond acceptors (Lipinski definition) is 4. The molecule has 0 saturated carbocycles. The first-order valence-corrected chi connectivity index (χ1v) is 9.01. The largest absolute Gasteiger partial charge is 0.488 e. The second-order valence-electron chi connectivity index (χ2n) is 6.42. The van der Waals surface area contributed by atoms with Gasteiger partial charge in [0, 0.05) is 25.9 Å². The van der Waals surface area contributed by atoms with E-state index in [-0.39, 0.29) is 6.10 Å². The Morgan fingerprint density at radius 1 is 1.32 bits per heavy atom. The molecule has 0 saturated heterocycles. The molecule has 0 aliphatic carbocycles. The van der Waals surface area contributed by atoms with Gasteiger partial charge in [0.2, 0.25) is 0 Å². The van der Waals surface area contributed by atoms with Crippen molar-refractivity contribution in [2.24, 2.45) is 4.99 Å². The molecule has 2 aliphatic rings. The Morgan fingerprint density at radius 2 is 2.24 bits per heavy atom. The average Bonchev–Trinajstić information content (AvgIpc) is 3.32. The van der Waals surface area contributed by atoms with Crippen LogP contribution in [0.1, 0.15) is 30.6 Å². The number of para-hydroxylation sites is 1. The standard InChI is InChI=1S/C18H24N6O/c1-2-19-18(21-12-17-23-22-16-8-5-9-24(16)17)20-11-14-10-13-6-3-4-7-15(13)25-14/h3-4,6-7,14H,2,5,8-12H2,1H3,(H2,19,20,21). The summed E-state index contributed by atoms with van der Waals surface area (Å²) in [5, 5.41) is 15.2. The highest BCUT2D eigenvalue weighted by Gasteiger charge is 2.22. The van der Waals surface area contributed by atoms with Crippen LogP contribution in [0.3, 0.4) is 0 Å². The number of guanidine groups is 1. The molecule has 4 rings (SSSR count). The molecule has 0 fully saturated rings. The fourth-order valence-corrected chi connectivity index (χ4v) is 3.40. The van der Waals surface area contributed by atoms with E-state index in [1.165, 1.54) is 5.56 Å². The van der Waals surface area contributed by atoms with Crippen LogP contribution in [0.25, 0.3) is 0 Å². The van der Waals surface area contributed by atoms with Gasteiger partial charge >= 0.3 is 0 Å². The summed E-state index contributed by atoms with van der Waals surface area (Å²) in [4.78, 5) is 4.66. The molecule has 2 N–H and O–H groups in total. The van der Waals surface area contributed by atoms with Crippen LogP contribution in [0.2, 0.25) is 0 Å². The lowest BCUT2D eigenvalue weighted by molar-refractivity contribution is 0.235. The van der Waals surface area contributed by atoms with Gasteiger partial charge in [0.1, 0.15) is 24.2 Å². The number of ether oxygens (including phenoxy) is 1. The lowest BCUT2D eigenvalue weighted by atomic mass is 10.1. The summed E-state index contributed by atoms with van der Waals surface area (Å²) in [6.45, 7) is 5.14. The molecule has 1 unspecified atom stereocenters. The van der Waals surface area contributed by atoms with Gasteiger partial charge in [-0.05, 0) is 25.0 Å². The highest BCUT2D eigenvalue weighted by Crippen LogP contribution is 2.27. The van der Waals surface area contributed by atoms with Gasteiger partial charge in [-0.25, -0.2) is 4.99 Å². The van der Waals surface area contributed by atoms with Crippen molar-refractivity contribution in [1.82, 2.24) is 25.4 Å². The summed E-state index contributed by atoms with van der Waals surface area (Å²) in [6.07, 6.45) is 3.24. The van der Waals surface area contributed by atoms with E-state index < -0.39 is 0 Å². The number of fused-ring (bicyclic) bond motifs is 2. The minimum atomic E-state index is 0.138. The molecule has 1 aromatic carbocycles. The van der Waals surface area contributed by atoms with Gasteiger partial charge in [-0.1, -0.05) is 18.2 Å². The van der Waals surface area contributed by atoms with Crippen LogP contribution in [-0.2, 0) is 25.9 Å². The number of aryl methyl sites for hydroxylation is 1. The van der Waals surface area contributed by atoms with Crippen molar-refractivity contribution in [2.45, 2.75) is 45.4 Å². The summed E-state index contributed by atoms with van der Waals surface area (Å²) in [5.41, 5.74) is 1.27. The molecular weight excluding hydrogens is 316 g/mol. The number of hydrogen-bond donors (Lipinski definition) is 2. The zero-order chi connectivity index (χ0) is 17.1. The minimum absolute atomic E-state index is 0.138. The monoisotopic (exact) mass is 340 g/mol. The maximum absolute atomic E-state index is 5.97. The van der Waals surface area contributed by atoms with Crippen LogP contribution in [0, 0.1) is 0 Å².